The van der Waals surface area contributed by atoms with Crippen molar-refractivity contribution < 1.29 is 14.4 Å². The first kappa shape index (κ1) is 10.6. The predicted molar refractivity (Wildman–Crippen MR) is 51.8 cm³/mol. The first-order valence-electron chi connectivity index (χ1n) is 4.26. The normalized spacial score (nSPS) is 10.5. The lowest BCUT2D eigenvalue weighted by molar-refractivity contribution is -0.133. The molecule has 2 heterocycles. The Labute approximate surface area is 93.6 Å². The topological polar surface area (TPSA) is 107 Å². The summed E-state index contributed by atoms with van der Waals surface area (Å²) in [6.07, 6.45) is 1.52. The Balaban J connectivity index is 2.04. The summed E-state index contributed by atoms with van der Waals surface area (Å²) >= 11 is 1.05. The lowest BCUT2D eigenvalue weighted by atomic mass is 10.5. The minimum atomic E-state index is -0.917. The molecule has 0 spiro atoms. The van der Waals surface area contributed by atoms with Crippen LogP contribution in [0.25, 0.3) is 0 Å². The van der Waals surface area contributed by atoms with Gasteiger partial charge in [-0.05, 0) is 10.4 Å². The predicted octanol–water partition coefficient (Wildman–Crippen LogP) is -0.114. The summed E-state index contributed by atoms with van der Waals surface area (Å²) in [5, 5.41) is 23.4. The molecule has 0 aliphatic rings. The number of aliphatic carboxylic acids is 1. The standard InChI is InChI=1S/C7H7N5O3S/c13-6(14)4-16-7-9-10-11-12(7)3-5-1-2-8-15-5/h1-2H,3-4H2,(H,13,14). The van der Waals surface area contributed by atoms with Gasteiger partial charge in [-0.25, -0.2) is 4.68 Å². The van der Waals surface area contributed by atoms with E-state index in [-0.39, 0.29) is 5.75 Å². The van der Waals surface area contributed by atoms with Crippen LogP contribution in [-0.2, 0) is 11.3 Å². The summed E-state index contributed by atoms with van der Waals surface area (Å²) in [5.74, 6) is -0.403. The molecule has 2 aromatic heterocycles. The molecule has 0 amide bonds. The average molecular weight is 241 g/mol. The molecule has 84 valence electrons. The van der Waals surface area contributed by atoms with Gasteiger partial charge >= 0.3 is 5.97 Å². The van der Waals surface area contributed by atoms with Gasteiger partial charge in [0.25, 0.3) is 0 Å². The van der Waals surface area contributed by atoms with Gasteiger partial charge in [0.2, 0.25) is 5.16 Å². The monoisotopic (exact) mass is 241 g/mol. The minimum absolute atomic E-state index is 0.0865. The van der Waals surface area contributed by atoms with Crippen molar-refractivity contribution >= 4 is 17.7 Å². The smallest absolute Gasteiger partial charge is 0.313 e. The Morgan fingerprint density at radius 1 is 1.62 bits per heavy atom. The van der Waals surface area contributed by atoms with Gasteiger partial charge in [-0.1, -0.05) is 16.9 Å². The van der Waals surface area contributed by atoms with E-state index >= 15 is 0 Å². The molecule has 0 saturated carbocycles. The molecule has 0 bridgehead atoms. The van der Waals surface area contributed by atoms with Gasteiger partial charge in [0.1, 0.15) is 6.54 Å². The zero-order valence-electron chi connectivity index (χ0n) is 7.98. The maximum atomic E-state index is 10.4. The van der Waals surface area contributed by atoms with E-state index in [0.717, 1.165) is 11.8 Å². The fraction of sp³-hybridized carbons (Fsp3) is 0.286. The fourth-order valence-corrected chi connectivity index (χ4v) is 1.59. The summed E-state index contributed by atoms with van der Waals surface area (Å²) in [6.45, 7) is 0.328. The maximum Gasteiger partial charge on any atom is 0.313 e. The van der Waals surface area contributed by atoms with Crippen LogP contribution in [0.3, 0.4) is 0 Å². The molecule has 2 rings (SSSR count). The lowest BCUT2D eigenvalue weighted by Crippen LogP contribution is -2.05. The van der Waals surface area contributed by atoms with E-state index in [1.165, 1.54) is 10.9 Å². The third-order valence-electron chi connectivity index (χ3n) is 1.62. The van der Waals surface area contributed by atoms with E-state index in [1.54, 1.807) is 6.07 Å². The van der Waals surface area contributed by atoms with Crippen LogP contribution in [0.1, 0.15) is 5.76 Å². The van der Waals surface area contributed by atoms with E-state index in [9.17, 15) is 4.79 Å². The quantitative estimate of drug-likeness (QED) is 0.722. The highest BCUT2D eigenvalue weighted by atomic mass is 32.2. The fourth-order valence-electron chi connectivity index (χ4n) is 0.997. The van der Waals surface area contributed by atoms with Crippen LogP contribution < -0.4 is 0 Å². The number of aromatic nitrogens is 5. The summed E-state index contributed by atoms with van der Waals surface area (Å²) in [6, 6.07) is 1.69. The van der Waals surface area contributed by atoms with Crippen LogP contribution in [0.5, 0.6) is 0 Å². The molecule has 0 fully saturated rings. The number of carbonyl (C=O) groups is 1. The molecule has 0 radical (unpaired) electrons. The molecule has 1 N–H and O–H groups in total. The second-order valence-electron chi connectivity index (χ2n) is 2.78. The maximum absolute atomic E-state index is 10.4. The number of carboxylic acid groups (broad SMARTS) is 1. The Kier molecular flexibility index (Phi) is 3.15. The Bertz CT molecular complexity index is 468. The zero-order valence-corrected chi connectivity index (χ0v) is 8.79. The van der Waals surface area contributed by atoms with Gasteiger partial charge < -0.3 is 9.63 Å². The number of hydrogen-bond donors (Lipinski definition) is 1. The Morgan fingerprint density at radius 3 is 3.19 bits per heavy atom. The highest BCUT2D eigenvalue weighted by Gasteiger charge is 2.10. The van der Waals surface area contributed by atoms with Crippen molar-refractivity contribution in [3.8, 4) is 0 Å². The van der Waals surface area contributed by atoms with Crippen LogP contribution >= 0.6 is 11.8 Å². The molecule has 9 heteroatoms. The van der Waals surface area contributed by atoms with Crippen molar-refractivity contribution in [3.63, 3.8) is 0 Å². The van der Waals surface area contributed by atoms with Gasteiger partial charge in [0.05, 0.1) is 11.9 Å². The molecule has 2 aromatic rings. The molecule has 0 aliphatic heterocycles. The second-order valence-corrected chi connectivity index (χ2v) is 3.72. The summed E-state index contributed by atoms with van der Waals surface area (Å²) in [4.78, 5) is 10.4. The molecule has 0 aliphatic carbocycles. The number of rotatable bonds is 5. The molecular formula is C7H7N5O3S. The molecule has 8 nitrogen and oxygen atoms in total. The number of tetrazole rings is 1. The van der Waals surface area contributed by atoms with Crippen molar-refractivity contribution in [3.05, 3.63) is 18.0 Å². The van der Waals surface area contributed by atoms with Crippen LogP contribution in [0.2, 0.25) is 0 Å². The highest BCUT2D eigenvalue weighted by molar-refractivity contribution is 7.99. The average Bonchev–Trinajstić information content (AvgIpc) is 2.87. The molecule has 0 saturated heterocycles. The minimum Gasteiger partial charge on any atom is -0.481 e. The van der Waals surface area contributed by atoms with Gasteiger partial charge in [-0.2, -0.15) is 0 Å². The summed E-state index contributed by atoms with van der Waals surface area (Å²) < 4.78 is 6.35. The highest BCUT2D eigenvalue weighted by Crippen LogP contribution is 2.14. The van der Waals surface area contributed by atoms with Crippen molar-refractivity contribution in [2.24, 2.45) is 0 Å². The number of thioether (sulfide) groups is 1. The first-order valence-corrected chi connectivity index (χ1v) is 5.24. The molecule has 0 atom stereocenters. The van der Waals surface area contributed by atoms with E-state index in [4.69, 9.17) is 9.63 Å². The van der Waals surface area contributed by atoms with Crippen LogP contribution in [0, 0.1) is 0 Å². The van der Waals surface area contributed by atoms with E-state index in [0.29, 0.717) is 17.5 Å². The third-order valence-corrected chi connectivity index (χ3v) is 2.56. The van der Waals surface area contributed by atoms with Crippen LogP contribution in [0.4, 0.5) is 0 Å². The van der Waals surface area contributed by atoms with Gasteiger partial charge in [-0.3, -0.25) is 4.79 Å². The van der Waals surface area contributed by atoms with Crippen LogP contribution in [-0.4, -0.2) is 42.2 Å². The van der Waals surface area contributed by atoms with E-state index in [2.05, 4.69) is 20.7 Å². The van der Waals surface area contributed by atoms with Crippen molar-refractivity contribution in [2.45, 2.75) is 11.7 Å². The molecule has 0 unspecified atom stereocenters. The largest absolute Gasteiger partial charge is 0.481 e. The Morgan fingerprint density at radius 2 is 2.50 bits per heavy atom. The molecule has 16 heavy (non-hydrogen) atoms. The Hall–Kier alpha value is -1.90. The SMILES string of the molecule is O=C(O)CSc1nnnn1Cc1ccno1. The van der Waals surface area contributed by atoms with Gasteiger partial charge in [0.15, 0.2) is 5.76 Å². The van der Waals surface area contributed by atoms with Gasteiger partial charge in [0, 0.05) is 6.07 Å². The van der Waals surface area contributed by atoms with Crippen molar-refractivity contribution in [1.29, 1.82) is 0 Å². The first-order chi connectivity index (χ1) is 7.75. The zero-order chi connectivity index (χ0) is 11.4. The second kappa shape index (κ2) is 4.75. The summed E-state index contributed by atoms with van der Waals surface area (Å²) in [5.41, 5.74) is 0. The third kappa shape index (κ3) is 2.57. The summed E-state index contributed by atoms with van der Waals surface area (Å²) in [7, 11) is 0. The molecule has 0 aromatic carbocycles. The van der Waals surface area contributed by atoms with E-state index in [1.807, 2.05) is 0 Å². The van der Waals surface area contributed by atoms with Crippen molar-refractivity contribution in [1.82, 2.24) is 25.4 Å². The van der Waals surface area contributed by atoms with Gasteiger partial charge in [-0.15, -0.1) is 5.10 Å². The number of nitrogens with zero attached hydrogens (tertiary/aromatic N) is 5. The van der Waals surface area contributed by atoms with Crippen LogP contribution in [0.15, 0.2) is 21.9 Å². The number of hydrogen-bond acceptors (Lipinski definition) is 7. The lowest BCUT2D eigenvalue weighted by Gasteiger charge is -1.99. The van der Waals surface area contributed by atoms with Crippen molar-refractivity contribution in [2.75, 3.05) is 5.75 Å². The number of carboxylic acids is 1. The molecular weight excluding hydrogens is 234 g/mol. The van der Waals surface area contributed by atoms with E-state index < -0.39 is 5.97 Å².